The maximum atomic E-state index is 5.57. The zero-order valence-corrected chi connectivity index (χ0v) is 7.41. The van der Waals surface area contributed by atoms with E-state index in [4.69, 9.17) is 5.73 Å². The first-order chi connectivity index (χ1) is 5.18. The van der Waals surface area contributed by atoms with E-state index in [0.29, 0.717) is 11.8 Å². The summed E-state index contributed by atoms with van der Waals surface area (Å²) < 4.78 is 0. The Bertz CT molecular complexity index is 176. The predicted octanol–water partition coefficient (Wildman–Crippen LogP) is 2.09. The van der Waals surface area contributed by atoms with Crippen molar-refractivity contribution in [1.29, 1.82) is 0 Å². The molecule has 0 aromatic carbocycles. The summed E-state index contributed by atoms with van der Waals surface area (Å²) in [6, 6.07) is 0. The number of hydrogen-bond donors (Lipinski definition) is 1. The summed E-state index contributed by atoms with van der Waals surface area (Å²) in [5, 5.41) is 0. The van der Waals surface area contributed by atoms with E-state index in [1.807, 2.05) is 39.0 Å². The van der Waals surface area contributed by atoms with Crippen LogP contribution in [0, 0.1) is 5.92 Å². The van der Waals surface area contributed by atoms with Crippen molar-refractivity contribution >= 4 is 5.84 Å². The van der Waals surface area contributed by atoms with E-state index >= 15 is 0 Å². The van der Waals surface area contributed by atoms with Gasteiger partial charge in [0, 0.05) is 12.1 Å². The van der Waals surface area contributed by atoms with E-state index in [-0.39, 0.29) is 0 Å². The highest BCUT2D eigenvalue weighted by Gasteiger charge is 1.94. The molecule has 0 unspecified atom stereocenters. The van der Waals surface area contributed by atoms with Crippen LogP contribution in [-0.2, 0) is 0 Å². The molecule has 2 N–H and O–H groups in total. The van der Waals surface area contributed by atoms with Crippen molar-refractivity contribution in [3.05, 3.63) is 24.4 Å². The van der Waals surface area contributed by atoms with Crippen molar-refractivity contribution < 1.29 is 0 Å². The number of nitrogens with zero attached hydrogens (tertiary/aromatic N) is 1. The van der Waals surface area contributed by atoms with Gasteiger partial charge in [0.2, 0.25) is 0 Å². The summed E-state index contributed by atoms with van der Waals surface area (Å²) in [5.74, 6) is 0.996. The summed E-state index contributed by atoms with van der Waals surface area (Å²) in [5.41, 5.74) is 5.57. The third-order valence-electron chi connectivity index (χ3n) is 1.20. The Hall–Kier alpha value is -1.05. The van der Waals surface area contributed by atoms with Crippen LogP contribution in [0.1, 0.15) is 20.8 Å². The van der Waals surface area contributed by atoms with E-state index in [0.717, 1.165) is 0 Å². The fraction of sp³-hybridized carbons (Fsp3) is 0.444. The predicted molar refractivity (Wildman–Crippen MR) is 50.4 cm³/mol. The van der Waals surface area contributed by atoms with Gasteiger partial charge < -0.3 is 5.73 Å². The van der Waals surface area contributed by atoms with Crippen LogP contribution >= 0.6 is 0 Å². The van der Waals surface area contributed by atoms with Crippen molar-refractivity contribution in [2.24, 2.45) is 16.6 Å². The monoisotopic (exact) mass is 152 g/mol. The van der Waals surface area contributed by atoms with Gasteiger partial charge in [0.1, 0.15) is 5.84 Å². The molecule has 2 nitrogen and oxygen atoms in total. The topological polar surface area (TPSA) is 38.4 Å². The highest BCUT2D eigenvalue weighted by atomic mass is 14.8. The zero-order chi connectivity index (χ0) is 8.69. The Kier molecular flexibility index (Phi) is 5.17. The van der Waals surface area contributed by atoms with Crippen molar-refractivity contribution in [3.8, 4) is 0 Å². The molecule has 0 aromatic rings. The van der Waals surface area contributed by atoms with Crippen molar-refractivity contribution in [2.45, 2.75) is 20.8 Å². The molecule has 2 heteroatoms. The molecule has 11 heavy (non-hydrogen) atoms. The molecule has 0 heterocycles. The molecular weight excluding hydrogens is 136 g/mol. The quantitative estimate of drug-likeness (QED) is 0.375. The second kappa shape index (κ2) is 5.71. The fourth-order valence-electron chi connectivity index (χ4n) is 0.439. The Morgan fingerprint density at radius 1 is 1.36 bits per heavy atom. The van der Waals surface area contributed by atoms with Gasteiger partial charge in [0.25, 0.3) is 0 Å². The van der Waals surface area contributed by atoms with Gasteiger partial charge >= 0.3 is 0 Å². The van der Waals surface area contributed by atoms with Gasteiger partial charge in [-0.1, -0.05) is 26.0 Å². The van der Waals surface area contributed by atoms with Crippen molar-refractivity contribution in [3.63, 3.8) is 0 Å². The number of amidine groups is 1. The van der Waals surface area contributed by atoms with Crippen LogP contribution in [0.5, 0.6) is 0 Å². The Morgan fingerprint density at radius 3 is 2.45 bits per heavy atom. The minimum absolute atomic E-state index is 0.324. The number of allylic oxidation sites excluding steroid dienone is 3. The van der Waals surface area contributed by atoms with Gasteiger partial charge in [0.15, 0.2) is 0 Å². The van der Waals surface area contributed by atoms with E-state index in [1.165, 1.54) is 0 Å². The number of aliphatic imine (C=N–C) groups is 1. The third kappa shape index (κ3) is 5.40. The maximum absolute atomic E-state index is 5.57. The van der Waals surface area contributed by atoms with Gasteiger partial charge in [-0.2, -0.15) is 0 Å². The number of rotatable bonds is 3. The van der Waals surface area contributed by atoms with Gasteiger partial charge in [-0.05, 0) is 13.0 Å². The lowest BCUT2D eigenvalue weighted by Crippen LogP contribution is -2.17. The Morgan fingerprint density at radius 2 is 2.00 bits per heavy atom. The van der Waals surface area contributed by atoms with E-state index in [1.54, 1.807) is 6.20 Å². The summed E-state index contributed by atoms with van der Waals surface area (Å²) in [4.78, 5) is 4.02. The minimum Gasteiger partial charge on any atom is -0.387 e. The molecule has 0 saturated carbocycles. The first-order valence-corrected chi connectivity index (χ1v) is 3.79. The van der Waals surface area contributed by atoms with Crippen LogP contribution in [0.2, 0.25) is 0 Å². The lowest BCUT2D eigenvalue weighted by atomic mass is 10.2. The molecule has 0 aliphatic rings. The van der Waals surface area contributed by atoms with Crippen LogP contribution in [-0.4, -0.2) is 5.84 Å². The molecule has 0 aromatic heterocycles. The molecular formula is C9H16N2. The van der Waals surface area contributed by atoms with Gasteiger partial charge in [-0.3, -0.25) is 0 Å². The van der Waals surface area contributed by atoms with Crippen molar-refractivity contribution in [2.75, 3.05) is 0 Å². The van der Waals surface area contributed by atoms with E-state index in [2.05, 4.69) is 4.99 Å². The highest BCUT2D eigenvalue weighted by molar-refractivity contribution is 5.82. The smallest absolute Gasteiger partial charge is 0.101 e. The Balaban J connectivity index is 3.91. The first kappa shape index (κ1) is 9.95. The molecule has 0 spiro atoms. The van der Waals surface area contributed by atoms with Gasteiger partial charge in [-0.25, -0.2) is 4.99 Å². The maximum Gasteiger partial charge on any atom is 0.101 e. The molecule has 62 valence electrons. The molecule has 0 atom stereocenters. The first-order valence-electron chi connectivity index (χ1n) is 3.79. The van der Waals surface area contributed by atoms with Crippen LogP contribution in [0.15, 0.2) is 29.4 Å². The van der Waals surface area contributed by atoms with E-state index in [9.17, 15) is 0 Å². The molecule has 0 aliphatic heterocycles. The normalized spacial score (nSPS) is 14.0. The highest BCUT2D eigenvalue weighted by Crippen LogP contribution is 1.91. The summed E-state index contributed by atoms with van der Waals surface area (Å²) in [6.07, 6.45) is 7.42. The second-order valence-electron chi connectivity index (χ2n) is 2.58. The number of nitrogens with two attached hydrogens (primary N) is 1. The zero-order valence-electron chi connectivity index (χ0n) is 7.41. The summed E-state index contributed by atoms with van der Waals surface area (Å²) >= 11 is 0. The van der Waals surface area contributed by atoms with Crippen molar-refractivity contribution in [1.82, 2.24) is 0 Å². The second-order valence-corrected chi connectivity index (χ2v) is 2.58. The molecule has 0 saturated heterocycles. The standard InChI is InChI=1S/C9H16N2/c1-4-5-6-7-11-9(10)8(2)3/h4-8H,1-3H3,(H2,10,11)/b5-4-,7-6-. The van der Waals surface area contributed by atoms with Crippen LogP contribution in [0.3, 0.4) is 0 Å². The Labute approximate surface area is 68.5 Å². The summed E-state index contributed by atoms with van der Waals surface area (Å²) in [7, 11) is 0. The van der Waals surface area contributed by atoms with Gasteiger partial charge in [0.05, 0.1) is 0 Å². The molecule has 0 fully saturated rings. The molecule has 0 aliphatic carbocycles. The average molecular weight is 152 g/mol. The molecule has 0 radical (unpaired) electrons. The molecule has 0 amide bonds. The fourth-order valence-corrected chi connectivity index (χ4v) is 0.439. The molecule has 0 bridgehead atoms. The molecule has 0 rings (SSSR count). The van der Waals surface area contributed by atoms with E-state index < -0.39 is 0 Å². The van der Waals surface area contributed by atoms with Gasteiger partial charge in [-0.15, -0.1) is 0 Å². The lowest BCUT2D eigenvalue weighted by Gasteiger charge is -1.99. The largest absolute Gasteiger partial charge is 0.387 e. The number of hydrogen-bond acceptors (Lipinski definition) is 1. The average Bonchev–Trinajstić information content (AvgIpc) is 1.97. The SMILES string of the molecule is C\C=C/C=C\N=C(/N)C(C)C. The minimum atomic E-state index is 0.324. The van der Waals surface area contributed by atoms with Crippen LogP contribution < -0.4 is 5.73 Å². The lowest BCUT2D eigenvalue weighted by molar-refractivity contribution is 0.872. The van der Waals surface area contributed by atoms with Crippen LogP contribution in [0.25, 0.3) is 0 Å². The van der Waals surface area contributed by atoms with Crippen LogP contribution in [0.4, 0.5) is 0 Å². The third-order valence-corrected chi connectivity index (χ3v) is 1.20. The summed E-state index contributed by atoms with van der Waals surface area (Å²) in [6.45, 7) is 5.99.